The van der Waals surface area contributed by atoms with Crippen molar-refractivity contribution < 1.29 is 4.74 Å². The third-order valence-electron chi connectivity index (χ3n) is 3.59. The highest BCUT2D eigenvalue weighted by Gasteiger charge is 2.15. The van der Waals surface area contributed by atoms with E-state index in [9.17, 15) is 4.79 Å². The Hall–Kier alpha value is -2.27. The van der Waals surface area contributed by atoms with Crippen molar-refractivity contribution in [2.75, 3.05) is 12.9 Å². The third-order valence-corrected chi connectivity index (χ3v) is 4.41. The van der Waals surface area contributed by atoms with Crippen LogP contribution in [0.15, 0.2) is 52.4 Å². The SMILES string of the molecule is CCSc1nc2cc(C)ccc2c(=O)n1-c1ccccc1OC. The molecule has 3 aromatic rings. The van der Waals surface area contributed by atoms with Crippen LogP contribution in [0.25, 0.3) is 16.6 Å². The minimum absolute atomic E-state index is 0.0737. The van der Waals surface area contributed by atoms with Gasteiger partial charge in [-0.3, -0.25) is 9.36 Å². The summed E-state index contributed by atoms with van der Waals surface area (Å²) in [5, 5.41) is 1.29. The van der Waals surface area contributed by atoms with Gasteiger partial charge in [0.25, 0.3) is 5.56 Å². The molecule has 2 aromatic carbocycles. The van der Waals surface area contributed by atoms with Crippen LogP contribution in [-0.2, 0) is 0 Å². The number of aromatic nitrogens is 2. The molecule has 0 saturated carbocycles. The van der Waals surface area contributed by atoms with Crippen LogP contribution in [0.3, 0.4) is 0 Å². The quantitative estimate of drug-likeness (QED) is 0.540. The van der Waals surface area contributed by atoms with Gasteiger partial charge < -0.3 is 4.74 Å². The summed E-state index contributed by atoms with van der Waals surface area (Å²) >= 11 is 1.55. The molecule has 1 aromatic heterocycles. The van der Waals surface area contributed by atoms with Gasteiger partial charge in [-0.2, -0.15) is 0 Å². The predicted octanol–water partition coefficient (Wildman–Crippen LogP) is 3.81. The van der Waals surface area contributed by atoms with E-state index in [4.69, 9.17) is 9.72 Å². The number of fused-ring (bicyclic) bond motifs is 1. The second kappa shape index (κ2) is 6.46. The van der Waals surface area contributed by atoms with Gasteiger partial charge in [-0.1, -0.05) is 36.9 Å². The number of aryl methyl sites for hydroxylation is 1. The highest BCUT2D eigenvalue weighted by molar-refractivity contribution is 7.99. The van der Waals surface area contributed by atoms with E-state index in [0.29, 0.717) is 22.0 Å². The Kier molecular flexibility index (Phi) is 4.39. The molecule has 0 aliphatic rings. The lowest BCUT2D eigenvalue weighted by atomic mass is 10.2. The topological polar surface area (TPSA) is 44.1 Å². The highest BCUT2D eigenvalue weighted by atomic mass is 32.2. The van der Waals surface area contributed by atoms with Crippen molar-refractivity contribution in [2.45, 2.75) is 19.0 Å². The van der Waals surface area contributed by atoms with Gasteiger partial charge in [0.05, 0.1) is 23.7 Å². The molecule has 0 atom stereocenters. The molecular weight excluding hydrogens is 308 g/mol. The number of hydrogen-bond acceptors (Lipinski definition) is 4. The van der Waals surface area contributed by atoms with Crippen molar-refractivity contribution in [1.82, 2.24) is 9.55 Å². The molecule has 0 fully saturated rings. The molecule has 0 bridgehead atoms. The van der Waals surface area contributed by atoms with E-state index in [2.05, 4.69) is 0 Å². The van der Waals surface area contributed by atoms with E-state index >= 15 is 0 Å². The lowest BCUT2D eigenvalue weighted by Gasteiger charge is -2.15. The highest BCUT2D eigenvalue weighted by Crippen LogP contribution is 2.27. The number of thioether (sulfide) groups is 1. The summed E-state index contributed by atoms with van der Waals surface area (Å²) in [7, 11) is 1.61. The Labute approximate surface area is 139 Å². The van der Waals surface area contributed by atoms with Crippen LogP contribution in [0.2, 0.25) is 0 Å². The summed E-state index contributed by atoms with van der Waals surface area (Å²) in [5.41, 5.74) is 2.46. The van der Waals surface area contributed by atoms with Gasteiger partial charge in [-0.05, 0) is 42.5 Å². The first-order valence-corrected chi connectivity index (χ1v) is 8.44. The zero-order chi connectivity index (χ0) is 16.4. The summed E-state index contributed by atoms with van der Waals surface area (Å²) in [6.07, 6.45) is 0. The largest absolute Gasteiger partial charge is 0.495 e. The predicted molar refractivity (Wildman–Crippen MR) is 95.0 cm³/mol. The van der Waals surface area contributed by atoms with Gasteiger partial charge in [-0.25, -0.2) is 4.98 Å². The van der Waals surface area contributed by atoms with Crippen molar-refractivity contribution in [1.29, 1.82) is 0 Å². The molecule has 0 saturated heterocycles. The Morgan fingerprint density at radius 2 is 2.00 bits per heavy atom. The van der Waals surface area contributed by atoms with Crippen molar-refractivity contribution in [3.8, 4) is 11.4 Å². The van der Waals surface area contributed by atoms with Gasteiger partial charge in [0, 0.05) is 0 Å². The van der Waals surface area contributed by atoms with Crippen molar-refractivity contribution in [2.24, 2.45) is 0 Å². The summed E-state index contributed by atoms with van der Waals surface area (Å²) in [6.45, 7) is 4.04. The Morgan fingerprint density at radius 3 is 2.74 bits per heavy atom. The Bertz CT molecular complexity index is 919. The fourth-order valence-corrected chi connectivity index (χ4v) is 3.26. The molecule has 4 nitrogen and oxygen atoms in total. The molecule has 0 aliphatic carbocycles. The van der Waals surface area contributed by atoms with Crippen LogP contribution in [0.1, 0.15) is 12.5 Å². The van der Waals surface area contributed by atoms with Crippen LogP contribution >= 0.6 is 11.8 Å². The number of nitrogens with zero attached hydrogens (tertiary/aromatic N) is 2. The number of para-hydroxylation sites is 2. The molecule has 1 heterocycles. The summed E-state index contributed by atoms with van der Waals surface area (Å²) in [6, 6.07) is 13.2. The number of hydrogen-bond donors (Lipinski definition) is 0. The molecule has 3 rings (SSSR count). The van der Waals surface area contributed by atoms with E-state index in [0.717, 1.165) is 16.8 Å². The maximum atomic E-state index is 13.1. The first-order chi connectivity index (χ1) is 11.2. The number of benzene rings is 2. The monoisotopic (exact) mass is 326 g/mol. The molecule has 0 unspecified atom stereocenters. The second-order valence-electron chi connectivity index (χ2n) is 5.16. The van der Waals surface area contributed by atoms with E-state index in [-0.39, 0.29) is 5.56 Å². The van der Waals surface area contributed by atoms with Gasteiger partial charge in [0.1, 0.15) is 5.75 Å². The molecule has 0 N–H and O–H groups in total. The van der Waals surface area contributed by atoms with E-state index in [1.54, 1.807) is 23.4 Å². The van der Waals surface area contributed by atoms with Crippen LogP contribution in [0.5, 0.6) is 5.75 Å². The smallest absolute Gasteiger partial charge is 0.266 e. The van der Waals surface area contributed by atoms with Crippen molar-refractivity contribution in [3.05, 3.63) is 58.4 Å². The molecular formula is C18H18N2O2S. The molecule has 0 aliphatic heterocycles. The fraction of sp³-hybridized carbons (Fsp3) is 0.222. The van der Waals surface area contributed by atoms with E-state index < -0.39 is 0 Å². The van der Waals surface area contributed by atoms with E-state index in [1.807, 2.05) is 56.3 Å². The normalized spacial score (nSPS) is 10.9. The van der Waals surface area contributed by atoms with Crippen LogP contribution in [0, 0.1) is 6.92 Å². The third kappa shape index (κ3) is 2.84. The van der Waals surface area contributed by atoms with Gasteiger partial charge >= 0.3 is 0 Å². The number of ether oxygens (including phenoxy) is 1. The van der Waals surface area contributed by atoms with Crippen LogP contribution in [0.4, 0.5) is 0 Å². The fourth-order valence-electron chi connectivity index (χ4n) is 2.53. The first-order valence-electron chi connectivity index (χ1n) is 7.45. The zero-order valence-electron chi connectivity index (χ0n) is 13.4. The number of methoxy groups -OCH3 is 1. The van der Waals surface area contributed by atoms with Crippen molar-refractivity contribution in [3.63, 3.8) is 0 Å². The average molecular weight is 326 g/mol. The molecule has 5 heteroatoms. The summed E-state index contributed by atoms with van der Waals surface area (Å²) in [5.74, 6) is 1.49. The zero-order valence-corrected chi connectivity index (χ0v) is 14.2. The average Bonchev–Trinajstić information content (AvgIpc) is 2.55. The van der Waals surface area contributed by atoms with Gasteiger partial charge in [-0.15, -0.1) is 0 Å². The lowest BCUT2D eigenvalue weighted by Crippen LogP contribution is -2.22. The maximum Gasteiger partial charge on any atom is 0.266 e. The minimum Gasteiger partial charge on any atom is -0.495 e. The Morgan fingerprint density at radius 1 is 1.22 bits per heavy atom. The lowest BCUT2D eigenvalue weighted by molar-refractivity contribution is 0.411. The van der Waals surface area contributed by atoms with Gasteiger partial charge in [0.15, 0.2) is 5.16 Å². The number of rotatable bonds is 4. The maximum absolute atomic E-state index is 13.1. The van der Waals surface area contributed by atoms with Crippen molar-refractivity contribution >= 4 is 22.7 Å². The molecule has 23 heavy (non-hydrogen) atoms. The van der Waals surface area contributed by atoms with E-state index in [1.165, 1.54) is 0 Å². The molecule has 118 valence electrons. The van der Waals surface area contributed by atoms with Crippen LogP contribution < -0.4 is 10.3 Å². The standard InChI is InChI=1S/C18H18N2O2S/c1-4-23-18-19-14-11-12(2)9-10-13(14)17(21)20(18)15-7-5-6-8-16(15)22-3/h5-11H,4H2,1-3H3. The molecule has 0 amide bonds. The Balaban J connectivity index is 2.38. The second-order valence-corrected chi connectivity index (χ2v) is 6.39. The van der Waals surface area contributed by atoms with Crippen LogP contribution in [-0.4, -0.2) is 22.4 Å². The van der Waals surface area contributed by atoms with Gasteiger partial charge in [0.2, 0.25) is 0 Å². The summed E-state index contributed by atoms with van der Waals surface area (Å²) in [4.78, 5) is 17.8. The summed E-state index contributed by atoms with van der Waals surface area (Å²) < 4.78 is 7.07. The first kappa shape index (κ1) is 15.6. The molecule has 0 radical (unpaired) electrons. The minimum atomic E-state index is -0.0737. The molecule has 0 spiro atoms.